The lowest BCUT2D eigenvalue weighted by molar-refractivity contribution is -0.160. The minimum atomic E-state index is -3.80. The van der Waals surface area contributed by atoms with Gasteiger partial charge >= 0.3 is 5.97 Å². The zero-order chi connectivity index (χ0) is 29.9. The Morgan fingerprint density at radius 2 is 1.61 bits per heavy atom. The minimum Gasteiger partial charge on any atom is -0.481 e. The Balaban J connectivity index is 1.71. The van der Waals surface area contributed by atoms with Gasteiger partial charge in [-0.25, -0.2) is 13.1 Å². The molecule has 3 aromatic carbocycles. The molecule has 1 heterocycles. The third-order valence-corrected chi connectivity index (χ3v) is 9.80. The summed E-state index contributed by atoms with van der Waals surface area (Å²) >= 11 is 18.5. The highest BCUT2D eigenvalue weighted by Crippen LogP contribution is 2.52. The van der Waals surface area contributed by atoms with Gasteiger partial charge in [-0.05, 0) is 79.4 Å². The molecule has 1 aliphatic rings. The molecule has 2 N–H and O–H groups in total. The number of nitrogens with zero attached hydrogens (tertiary/aromatic N) is 1. The molecule has 0 aromatic heterocycles. The lowest BCUT2D eigenvalue weighted by atomic mass is 9.67. The first-order chi connectivity index (χ1) is 19.3. The van der Waals surface area contributed by atoms with Crippen molar-refractivity contribution >= 4 is 56.7 Å². The Morgan fingerprint density at radius 1 is 1.00 bits per heavy atom. The summed E-state index contributed by atoms with van der Waals surface area (Å²) in [6.45, 7) is 3.59. The highest BCUT2D eigenvalue weighted by Gasteiger charge is 2.51. The van der Waals surface area contributed by atoms with Gasteiger partial charge in [-0.15, -0.1) is 0 Å². The molecule has 0 bridgehead atoms. The Kier molecular flexibility index (Phi) is 9.71. The second kappa shape index (κ2) is 12.7. The van der Waals surface area contributed by atoms with Crippen LogP contribution >= 0.6 is 34.8 Å². The van der Waals surface area contributed by atoms with Gasteiger partial charge in [0.1, 0.15) is 0 Å². The van der Waals surface area contributed by atoms with Crippen LogP contribution in [-0.4, -0.2) is 42.9 Å². The van der Waals surface area contributed by atoms with Crippen molar-refractivity contribution in [2.24, 2.45) is 5.41 Å². The van der Waals surface area contributed by atoms with Crippen LogP contribution in [0.15, 0.2) is 77.7 Å². The topological polar surface area (TPSA) is 104 Å². The van der Waals surface area contributed by atoms with Crippen LogP contribution in [0.5, 0.6) is 0 Å². The maximum absolute atomic E-state index is 14.2. The van der Waals surface area contributed by atoms with Gasteiger partial charge in [0.25, 0.3) is 0 Å². The van der Waals surface area contributed by atoms with Gasteiger partial charge in [0, 0.05) is 33.6 Å². The highest BCUT2D eigenvalue weighted by molar-refractivity contribution is 7.89. The Labute approximate surface area is 255 Å². The first kappa shape index (κ1) is 31.3. The maximum atomic E-state index is 14.2. The van der Waals surface area contributed by atoms with Gasteiger partial charge in [-0.1, -0.05) is 66.0 Å². The van der Waals surface area contributed by atoms with Crippen LogP contribution in [-0.2, 0) is 19.6 Å². The van der Waals surface area contributed by atoms with E-state index < -0.39 is 33.5 Å². The van der Waals surface area contributed by atoms with Gasteiger partial charge in [-0.2, -0.15) is 0 Å². The molecular formula is C30H31Cl3N2O5S. The summed E-state index contributed by atoms with van der Waals surface area (Å²) < 4.78 is 28.3. The van der Waals surface area contributed by atoms with Crippen molar-refractivity contribution in [2.75, 3.05) is 6.54 Å². The zero-order valence-electron chi connectivity index (χ0n) is 22.6. The standard InChI is InChI=1S/C30H31Cl3N2O5S/c1-19(14-15-34-41(39,40)25-12-10-23(32)11-13-25)35-28(20-6-8-22(31)9-7-20)26(21-4-3-5-24(33)16-21)17-30(2,29(35)38)18-27(36)37/h3-13,16,19,26,28,34H,14-15,17-18H2,1-2H3,(H,36,37)/t19-,26+,28+,30+/m0/s1. The van der Waals surface area contributed by atoms with Crippen molar-refractivity contribution in [1.29, 1.82) is 0 Å². The largest absolute Gasteiger partial charge is 0.481 e. The monoisotopic (exact) mass is 636 g/mol. The van der Waals surface area contributed by atoms with Crippen LogP contribution < -0.4 is 4.72 Å². The second-order valence-electron chi connectivity index (χ2n) is 10.7. The van der Waals surface area contributed by atoms with E-state index in [0.29, 0.717) is 15.1 Å². The SMILES string of the molecule is C[C@@H](CCNS(=O)(=O)c1ccc(Cl)cc1)N1C(=O)[C@@](C)(CC(=O)O)C[C@H](c2cccc(Cl)c2)[C@H]1c1ccc(Cl)cc1. The number of likely N-dealkylation sites (tertiary alicyclic amines) is 1. The molecule has 4 atom stereocenters. The van der Waals surface area contributed by atoms with Gasteiger partial charge in [-0.3, -0.25) is 9.59 Å². The molecule has 11 heteroatoms. The number of sulfonamides is 1. The first-order valence-electron chi connectivity index (χ1n) is 13.1. The van der Waals surface area contributed by atoms with Crippen LogP contribution in [0.1, 0.15) is 56.2 Å². The average Bonchev–Trinajstić information content (AvgIpc) is 2.90. The van der Waals surface area contributed by atoms with Crippen LogP contribution in [0.4, 0.5) is 0 Å². The average molecular weight is 638 g/mol. The Hall–Kier alpha value is -2.62. The normalized spacial score (nSPS) is 22.0. The summed E-state index contributed by atoms with van der Waals surface area (Å²) in [5, 5.41) is 11.3. The van der Waals surface area contributed by atoms with E-state index in [4.69, 9.17) is 34.8 Å². The fourth-order valence-corrected chi connectivity index (χ4v) is 7.10. The number of hydrogen-bond acceptors (Lipinski definition) is 4. The minimum absolute atomic E-state index is 0.0563. The van der Waals surface area contributed by atoms with Crippen LogP contribution in [0, 0.1) is 5.41 Å². The lowest BCUT2D eigenvalue weighted by Crippen LogP contribution is -2.55. The zero-order valence-corrected chi connectivity index (χ0v) is 25.6. The summed E-state index contributed by atoms with van der Waals surface area (Å²) in [6, 6.07) is 19.5. The number of amides is 1. The summed E-state index contributed by atoms with van der Waals surface area (Å²) in [5.74, 6) is -1.66. The molecule has 3 aromatic rings. The van der Waals surface area contributed by atoms with Crippen LogP contribution in [0.2, 0.25) is 15.1 Å². The van der Waals surface area contributed by atoms with E-state index in [0.717, 1.165) is 11.1 Å². The van der Waals surface area contributed by atoms with E-state index >= 15 is 0 Å². The van der Waals surface area contributed by atoms with E-state index in [9.17, 15) is 23.1 Å². The third kappa shape index (κ3) is 7.24. The predicted octanol–water partition coefficient (Wildman–Crippen LogP) is 6.94. The molecule has 1 amide bonds. The number of benzene rings is 3. The number of piperidine rings is 1. The quantitative estimate of drug-likeness (QED) is 0.251. The smallest absolute Gasteiger partial charge is 0.304 e. The number of hydrogen-bond donors (Lipinski definition) is 2. The van der Waals surface area contributed by atoms with E-state index in [1.54, 1.807) is 30.0 Å². The fourth-order valence-electron chi connectivity index (χ4n) is 5.60. The number of carboxylic acids is 1. The molecule has 7 nitrogen and oxygen atoms in total. The number of carboxylic acid groups (broad SMARTS) is 1. The fraction of sp³-hybridized carbons (Fsp3) is 0.333. The summed E-state index contributed by atoms with van der Waals surface area (Å²) in [5.41, 5.74) is 0.514. The molecule has 1 fully saturated rings. The number of carbonyl (C=O) groups is 2. The van der Waals surface area contributed by atoms with Crippen molar-refractivity contribution in [3.8, 4) is 0 Å². The van der Waals surface area contributed by atoms with Gasteiger partial charge in [0.2, 0.25) is 15.9 Å². The van der Waals surface area contributed by atoms with Crippen LogP contribution in [0.25, 0.3) is 0 Å². The number of halogens is 3. The van der Waals surface area contributed by atoms with E-state index in [-0.39, 0.29) is 42.5 Å². The van der Waals surface area contributed by atoms with E-state index in [1.165, 1.54) is 24.3 Å². The van der Waals surface area contributed by atoms with Gasteiger partial charge in [0.05, 0.1) is 22.8 Å². The summed E-state index contributed by atoms with van der Waals surface area (Å²) in [4.78, 5) is 27.9. The second-order valence-corrected chi connectivity index (χ2v) is 13.8. The summed E-state index contributed by atoms with van der Waals surface area (Å²) in [6.07, 6.45) is 0.231. The Bertz CT molecular complexity index is 1520. The van der Waals surface area contributed by atoms with Gasteiger partial charge in [0.15, 0.2) is 0 Å². The molecule has 0 aliphatic carbocycles. The molecular weight excluding hydrogens is 607 g/mol. The third-order valence-electron chi connectivity index (χ3n) is 7.58. The molecule has 0 saturated carbocycles. The lowest BCUT2D eigenvalue weighted by Gasteiger charge is -2.51. The first-order valence-corrected chi connectivity index (χ1v) is 15.7. The van der Waals surface area contributed by atoms with Crippen molar-refractivity contribution in [3.05, 3.63) is 99.0 Å². The van der Waals surface area contributed by atoms with Gasteiger partial charge < -0.3 is 10.0 Å². The highest BCUT2D eigenvalue weighted by atomic mass is 35.5. The van der Waals surface area contributed by atoms with Crippen molar-refractivity contribution in [2.45, 2.75) is 56.0 Å². The summed E-state index contributed by atoms with van der Waals surface area (Å²) in [7, 11) is -3.80. The molecule has 1 aliphatic heterocycles. The van der Waals surface area contributed by atoms with Crippen molar-refractivity contribution in [1.82, 2.24) is 9.62 Å². The number of carbonyl (C=O) groups excluding carboxylic acids is 1. The molecule has 0 unspecified atom stereocenters. The van der Waals surface area contributed by atoms with Crippen molar-refractivity contribution < 1.29 is 23.1 Å². The molecule has 0 spiro atoms. The number of nitrogens with one attached hydrogen (secondary N) is 1. The maximum Gasteiger partial charge on any atom is 0.304 e. The molecule has 0 radical (unpaired) electrons. The molecule has 4 rings (SSSR count). The van der Waals surface area contributed by atoms with Crippen LogP contribution in [0.3, 0.4) is 0 Å². The molecule has 218 valence electrons. The predicted molar refractivity (Wildman–Crippen MR) is 161 cm³/mol. The number of rotatable bonds is 10. The molecule has 41 heavy (non-hydrogen) atoms. The molecule has 1 saturated heterocycles. The number of aliphatic carboxylic acids is 1. The van der Waals surface area contributed by atoms with E-state index in [1.807, 2.05) is 37.3 Å². The van der Waals surface area contributed by atoms with Crippen molar-refractivity contribution in [3.63, 3.8) is 0 Å². The Morgan fingerprint density at radius 3 is 2.20 bits per heavy atom. The van der Waals surface area contributed by atoms with E-state index in [2.05, 4.69) is 4.72 Å².